The predicted molar refractivity (Wildman–Crippen MR) is 20.3 cm³/mol. The van der Waals surface area contributed by atoms with Crippen LogP contribution in [0.5, 0.6) is 0 Å². The van der Waals surface area contributed by atoms with Crippen LogP contribution >= 0.6 is 12.9 Å². The van der Waals surface area contributed by atoms with Crippen molar-refractivity contribution in [2.45, 2.75) is 0 Å². The topological polar surface area (TPSA) is 26.3 Å². The summed E-state index contributed by atoms with van der Waals surface area (Å²) in [4.78, 5) is 9.05. The summed E-state index contributed by atoms with van der Waals surface area (Å²) < 4.78 is 3.84. The SMILES string of the molecule is O=C=COS. The second kappa shape index (κ2) is 3.60. The number of hydrogen-bond acceptors (Lipinski definition) is 3. The molecule has 0 aliphatic heterocycles. The zero-order valence-corrected chi connectivity index (χ0v) is 3.24. The van der Waals surface area contributed by atoms with Gasteiger partial charge in [0, 0.05) is 12.9 Å². The van der Waals surface area contributed by atoms with Crippen molar-refractivity contribution in [3.8, 4) is 0 Å². The van der Waals surface area contributed by atoms with Gasteiger partial charge in [-0.05, 0) is 0 Å². The molecule has 0 saturated carbocycles. The predicted octanol–water partition coefficient (Wildman–Crippen LogP) is 0.193. The molecule has 0 heterocycles. The highest BCUT2D eigenvalue weighted by Gasteiger charge is 1.49. The summed E-state index contributed by atoms with van der Waals surface area (Å²) in [6, 6.07) is 0. The minimum atomic E-state index is 0.809. The van der Waals surface area contributed by atoms with Crippen molar-refractivity contribution < 1.29 is 8.98 Å². The van der Waals surface area contributed by atoms with Gasteiger partial charge in [-0.15, -0.1) is 0 Å². The number of rotatable bonds is 1. The van der Waals surface area contributed by atoms with E-state index in [9.17, 15) is 0 Å². The van der Waals surface area contributed by atoms with Crippen molar-refractivity contribution in [1.82, 2.24) is 0 Å². The molecule has 0 radical (unpaired) electrons. The van der Waals surface area contributed by atoms with Crippen LogP contribution in [0.25, 0.3) is 0 Å². The molecule has 0 aromatic rings. The van der Waals surface area contributed by atoms with Crippen LogP contribution in [0.2, 0.25) is 0 Å². The lowest BCUT2D eigenvalue weighted by molar-refractivity contribution is 0.541. The van der Waals surface area contributed by atoms with E-state index in [1.54, 1.807) is 0 Å². The second-order valence-corrected chi connectivity index (χ2v) is 0.552. The minimum absolute atomic E-state index is 0.809. The molecule has 0 amide bonds. The smallest absolute Gasteiger partial charge is 0.184 e. The Balaban J connectivity index is 2.93. The molecule has 0 rings (SSSR count). The Hall–Kier alpha value is -0.400. The molecule has 2 nitrogen and oxygen atoms in total. The van der Waals surface area contributed by atoms with Crippen molar-refractivity contribution >= 4 is 18.9 Å². The molecule has 0 spiro atoms. The number of thiol groups is 1. The average Bonchev–Trinajstić information content (AvgIpc) is 1.41. The summed E-state index contributed by atoms with van der Waals surface area (Å²) in [5.41, 5.74) is 0. The molecule has 0 unspecified atom stereocenters. The molecule has 0 saturated heterocycles. The van der Waals surface area contributed by atoms with Gasteiger partial charge >= 0.3 is 0 Å². The van der Waals surface area contributed by atoms with Gasteiger partial charge in [-0.1, -0.05) is 0 Å². The number of carbonyl (C=O) groups excluding carboxylic acids is 1. The van der Waals surface area contributed by atoms with E-state index >= 15 is 0 Å². The fraction of sp³-hybridized carbons (Fsp3) is 0. The largest absolute Gasteiger partial charge is 0.425 e. The molecule has 0 aliphatic carbocycles. The second-order valence-electron chi connectivity index (χ2n) is 0.341. The summed E-state index contributed by atoms with van der Waals surface area (Å²) in [5, 5.41) is 0. The lowest BCUT2D eigenvalue weighted by Crippen LogP contribution is -1.49. The summed E-state index contributed by atoms with van der Waals surface area (Å²) >= 11 is 3.18. The molecule has 5 heavy (non-hydrogen) atoms. The van der Waals surface area contributed by atoms with Gasteiger partial charge in [0.2, 0.25) is 0 Å². The van der Waals surface area contributed by atoms with Gasteiger partial charge in [0.05, 0.1) is 0 Å². The van der Waals surface area contributed by atoms with Crippen molar-refractivity contribution in [3.63, 3.8) is 0 Å². The van der Waals surface area contributed by atoms with Gasteiger partial charge in [0.25, 0.3) is 0 Å². The van der Waals surface area contributed by atoms with E-state index in [1.807, 2.05) is 0 Å². The van der Waals surface area contributed by atoms with Crippen LogP contribution in [0.15, 0.2) is 6.26 Å². The molecule has 0 aromatic carbocycles. The molecule has 3 heteroatoms. The summed E-state index contributed by atoms with van der Waals surface area (Å²) in [6.45, 7) is 0. The van der Waals surface area contributed by atoms with Gasteiger partial charge in [-0.25, -0.2) is 4.79 Å². The van der Waals surface area contributed by atoms with E-state index in [-0.39, 0.29) is 0 Å². The third kappa shape index (κ3) is 3.60. The monoisotopic (exact) mass is 90.0 g/mol. The maximum atomic E-state index is 9.05. The molecule has 0 aliphatic rings. The minimum Gasteiger partial charge on any atom is -0.425 e. The maximum Gasteiger partial charge on any atom is 0.184 e. The Kier molecular flexibility index (Phi) is 3.31. The number of hydrogen-bond donors (Lipinski definition) is 1. The third-order valence-corrected chi connectivity index (χ3v) is 0.206. The first-order valence-corrected chi connectivity index (χ1v) is 1.28. The maximum absolute atomic E-state index is 9.05. The molecular weight excluding hydrogens is 88.1 g/mol. The van der Waals surface area contributed by atoms with Crippen molar-refractivity contribution in [2.75, 3.05) is 0 Å². The lowest BCUT2D eigenvalue weighted by atomic mass is 11.1. The Morgan fingerprint density at radius 3 is 2.60 bits per heavy atom. The standard InChI is InChI=1S/C2H2O2S/c3-1-2-4-5/h2,5H. The summed E-state index contributed by atoms with van der Waals surface area (Å²) in [5.74, 6) is 1.34. The lowest BCUT2D eigenvalue weighted by Gasteiger charge is -1.67. The molecule has 0 N–H and O–H groups in total. The van der Waals surface area contributed by atoms with Crippen LogP contribution < -0.4 is 0 Å². The van der Waals surface area contributed by atoms with Gasteiger partial charge in [0.1, 0.15) is 0 Å². The van der Waals surface area contributed by atoms with Crippen LogP contribution in [0.3, 0.4) is 0 Å². The van der Waals surface area contributed by atoms with E-state index in [1.165, 1.54) is 5.94 Å². The van der Waals surface area contributed by atoms with E-state index in [4.69, 9.17) is 4.79 Å². The zero-order chi connectivity index (χ0) is 4.12. The van der Waals surface area contributed by atoms with Gasteiger partial charge in [-0.2, -0.15) is 0 Å². The first kappa shape index (κ1) is 4.60. The average molecular weight is 90.1 g/mol. The van der Waals surface area contributed by atoms with Crippen LogP contribution in [0, 0.1) is 0 Å². The van der Waals surface area contributed by atoms with E-state index in [0.29, 0.717) is 0 Å². The van der Waals surface area contributed by atoms with E-state index in [2.05, 4.69) is 17.1 Å². The fourth-order valence-electron chi connectivity index (χ4n) is 0.0215. The van der Waals surface area contributed by atoms with Gasteiger partial charge in [-0.3, -0.25) is 0 Å². The van der Waals surface area contributed by atoms with E-state index < -0.39 is 0 Å². The van der Waals surface area contributed by atoms with Crippen LogP contribution in [0.4, 0.5) is 0 Å². The fourth-order valence-corrected chi connectivity index (χ4v) is 0.0645. The quantitative estimate of drug-likeness (QED) is 0.215. The molecule has 0 bridgehead atoms. The van der Waals surface area contributed by atoms with Crippen LogP contribution in [-0.4, -0.2) is 5.94 Å². The highest BCUT2D eigenvalue weighted by Crippen LogP contribution is 1.69. The molecule has 28 valence electrons. The molecule has 0 aromatic heterocycles. The Bertz CT molecular complexity index is 54.7. The van der Waals surface area contributed by atoms with Crippen molar-refractivity contribution in [3.05, 3.63) is 6.26 Å². The zero-order valence-electron chi connectivity index (χ0n) is 2.34. The Labute approximate surface area is 35.1 Å². The first-order valence-electron chi connectivity index (χ1n) is 0.911. The van der Waals surface area contributed by atoms with Gasteiger partial charge < -0.3 is 4.18 Å². The van der Waals surface area contributed by atoms with Crippen molar-refractivity contribution in [1.29, 1.82) is 0 Å². The summed E-state index contributed by atoms with van der Waals surface area (Å²) in [6.07, 6.45) is 0.809. The molecule has 0 fully saturated rings. The molecular formula is C2H2O2S. The Morgan fingerprint density at radius 2 is 2.60 bits per heavy atom. The molecule has 0 atom stereocenters. The first-order chi connectivity index (χ1) is 2.41. The van der Waals surface area contributed by atoms with Gasteiger partial charge in [0.15, 0.2) is 12.2 Å². The third-order valence-electron chi connectivity index (χ3n) is 0.101. The normalized spacial score (nSPS) is 5.00. The van der Waals surface area contributed by atoms with Crippen molar-refractivity contribution in [2.24, 2.45) is 0 Å². The summed E-state index contributed by atoms with van der Waals surface area (Å²) in [7, 11) is 0. The van der Waals surface area contributed by atoms with Crippen LogP contribution in [-0.2, 0) is 8.98 Å². The van der Waals surface area contributed by atoms with Crippen LogP contribution in [0.1, 0.15) is 0 Å². The van der Waals surface area contributed by atoms with E-state index in [0.717, 1.165) is 6.26 Å². The Morgan fingerprint density at radius 1 is 2.00 bits per heavy atom. The highest BCUT2D eigenvalue weighted by molar-refractivity contribution is 7.75. The highest BCUT2D eigenvalue weighted by atomic mass is 32.1.